The van der Waals surface area contributed by atoms with Crippen LogP contribution in [0.5, 0.6) is 0 Å². The monoisotopic (exact) mass is 253 g/mol. The molecule has 0 fully saturated rings. The summed E-state index contributed by atoms with van der Waals surface area (Å²) in [6.07, 6.45) is 1.57. The van der Waals surface area contributed by atoms with E-state index in [4.69, 9.17) is 4.74 Å². The minimum absolute atomic E-state index is 0.162. The highest BCUT2D eigenvalue weighted by molar-refractivity contribution is 6.15. The Bertz CT molecular complexity index is 849. The van der Waals surface area contributed by atoms with E-state index in [0.29, 0.717) is 10.9 Å². The van der Waals surface area contributed by atoms with Crippen molar-refractivity contribution in [3.8, 4) is 0 Å². The number of esters is 1. The summed E-state index contributed by atoms with van der Waals surface area (Å²) in [6.45, 7) is 0. The van der Waals surface area contributed by atoms with E-state index in [1.54, 1.807) is 18.3 Å². The summed E-state index contributed by atoms with van der Waals surface area (Å²) in [6, 6.07) is 10.8. The molecule has 0 aliphatic carbocycles. The molecule has 4 nitrogen and oxygen atoms in total. The zero-order chi connectivity index (χ0) is 13.4. The summed E-state index contributed by atoms with van der Waals surface area (Å²) in [5.74, 6) is -0.404. The second-order valence-electron chi connectivity index (χ2n) is 4.23. The Morgan fingerprint density at radius 1 is 1.16 bits per heavy atom. The van der Waals surface area contributed by atoms with Crippen LogP contribution in [0.2, 0.25) is 0 Å². The van der Waals surface area contributed by atoms with Crippen LogP contribution in [-0.2, 0) is 4.74 Å². The molecule has 0 radical (unpaired) electrons. The molecule has 0 unspecified atom stereocenters. The number of pyridine rings is 1. The third-order valence-corrected chi connectivity index (χ3v) is 3.18. The largest absolute Gasteiger partial charge is 0.465 e. The number of methoxy groups -OCH3 is 1. The second-order valence-corrected chi connectivity index (χ2v) is 4.23. The molecule has 19 heavy (non-hydrogen) atoms. The first-order chi connectivity index (χ1) is 9.22. The predicted molar refractivity (Wildman–Crippen MR) is 73.4 cm³/mol. The van der Waals surface area contributed by atoms with E-state index in [9.17, 15) is 9.59 Å². The van der Waals surface area contributed by atoms with Gasteiger partial charge in [0.15, 0.2) is 0 Å². The van der Waals surface area contributed by atoms with E-state index < -0.39 is 5.97 Å². The molecule has 4 heteroatoms. The molecule has 0 bridgehead atoms. The van der Waals surface area contributed by atoms with Crippen LogP contribution in [0.15, 0.2) is 47.4 Å². The van der Waals surface area contributed by atoms with Gasteiger partial charge in [0.25, 0.3) is 5.56 Å². The number of fused-ring (bicyclic) bond motifs is 3. The maximum absolute atomic E-state index is 12.0. The highest BCUT2D eigenvalue weighted by atomic mass is 16.5. The maximum Gasteiger partial charge on any atom is 0.338 e. The van der Waals surface area contributed by atoms with Gasteiger partial charge in [0.1, 0.15) is 0 Å². The van der Waals surface area contributed by atoms with Crippen LogP contribution in [0, 0.1) is 0 Å². The van der Waals surface area contributed by atoms with E-state index >= 15 is 0 Å². The zero-order valence-electron chi connectivity index (χ0n) is 10.3. The van der Waals surface area contributed by atoms with Gasteiger partial charge in [-0.15, -0.1) is 0 Å². The Balaban J connectivity index is 2.58. The van der Waals surface area contributed by atoms with Gasteiger partial charge in [-0.2, -0.15) is 0 Å². The molecule has 1 N–H and O–H groups in total. The van der Waals surface area contributed by atoms with Gasteiger partial charge in [0, 0.05) is 6.20 Å². The molecule has 0 atom stereocenters. The molecule has 94 valence electrons. The molecule has 3 rings (SSSR count). The van der Waals surface area contributed by atoms with Gasteiger partial charge in [0.05, 0.1) is 18.1 Å². The first-order valence-corrected chi connectivity index (χ1v) is 5.84. The lowest BCUT2D eigenvalue weighted by atomic mass is 9.98. The summed E-state index contributed by atoms with van der Waals surface area (Å²) >= 11 is 0. The normalized spacial score (nSPS) is 10.8. The molecule has 1 heterocycles. The minimum atomic E-state index is -0.404. The summed E-state index contributed by atoms with van der Waals surface area (Å²) in [5, 5.41) is 2.79. The summed E-state index contributed by atoms with van der Waals surface area (Å²) in [7, 11) is 1.35. The van der Waals surface area contributed by atoms with Crippen LogP contribution < -0.4 is 5.56 Å². The third-order valence-electron chi connectivity index (χ3n) is 3.18. The van der Waals surface area contributed by atoms with E-state index in [2.05, 4.69) is 4.98 Å². The van der Waals surface area contributed by atoms with Gasteiger partial charge < -0.3 is 9.72 Å². The van der Waals surface area contributed by atoms with Crippen LogP contribution in [0.25, 0.3) is 21.5 Å². The number of carbonyl (C=O) groups excluding carboxylic acids is 1. The first kappa shape index (κ1) is 11.5. The lowest BCUT2D eigenvalue weighted by Crippen LogP contribution is -2.08. The lowest BCUT2D eigenvalue weighted by molar-refractivity contribution is 0.0603. The fourth-order valence-corrected chi connectivity index (χ4v) is 2.34. The highest BCUT2D eigenvalue weighted by Gasteiger charge is 2.14. The Labute approximate surface area is 108 Å². The lowest BCUT2D eigenvalue weighted by Gasteiger charge is -2.08. The quantitative estimate of drug-likeness (QED) is 0.535. The van der Waals surface area contributed by atoms with Crippen LogP contribution in [0.1, 0.15) is 10.4 Å². The van der Waals surface area contributed by atoms with Crippen molar-refractivity contribution in [2.45, 2.75) is 0 Å². The molecule has 0 aliphatic heterocycles. The van der Waals surface area contributed by atoms with Gasteiger partial charge in [0.2, 0.25) is 0 Å². The van der Waals surface area contributed by atoms with Crippen molar-refractivity contribution >= 4 is 27.5 Å². The maximum atomic E-state index is 12.0. The van der Waals surface area contributed by atoms with Crippen molar-refractivity contribution in [2.75, 3.05) is 7.11 Å². The predicted octanol–water partition coefficient (Wildman–Crippen LogP) is 2.47. The number of aromatic nitrogens is 1. The van der Waals surface area contributed by atoms with Crippen molar-refractivity contribution in [3.63, 3.8) is 0 Å². The summed E-state index contributed by atoms with van der Waals surface area (Å²) in [4.78, 5) is 26.5. The number of hydrogen-bond donors (Lipinski definition) is 1. The second kappa shape index (κ2) is 4.24. The Morgan fingerprint density at radius 3 is 2.63 bits per heavy atom. The molecule has 0 amide bonds. The first-order valence-electron chi connectivity index (χ1n) is 5.84. The number of carbonyl (C=O) groups is 1. The molecule has 0 saturated carbocycles. The van der Waals surface area contributed by atoms with Crippen molar-refractivity contribution < 1.29 is 9.53 Å². The van der Waals surface area contributed by atoms with Gasteiger partial charge in [-0.25, -0.2) is 4.79 Å². The van der Waals surface area contributed by atoms with Crippen molar-refractivity contribution in [1.82, 2.24) is 4.98 Å². The number of aromatic amines is 1. The summed E-state index contributed by atoms with van der Waals surface area (Å²) < 4.78 is 4.80. The minimum Gasteiger partial charge on any atom is -0.465 e. The number of hydrogen-bond acceptors (Lipinski definition) is 3. The Hall–Kier alpha value is -2.62. The molecular weight excluding hydrogens is 242 g/mol. The topological polar surface area (TPSA) is 59.2 Å². The fourth-order valence-electron chi connectivity index (χ4n) is 2.34. The number of rotatable bonds is 1. The molecule has 2 aromatic carbocycles. The van der Waals surface area contributed by atoms with Crippen molar-refractivity contribution in [2.24, 2.45) is 0 Å². The van der Waals surface area contributed by atoms with E-state index in [0.717, 1.165) is 16.2 Å². The van der Waals surface area contributed by atoms with Gasteiger partial charge in [-0.3, -0.25) is 4.79 Å². The van der Waals surface area contributed by atoms with Gasteiger partial charge >= 0.3 is 5.97 Å². The van der Waals surface area contributed by atoms with Crippen molar-refractivity contribution in [3.05, 3.63) is 58.5 Å². The highest BCUT2D eigenvalue weighted by Crippen LogP contribution is 2.26. The number of benzene rings is 2. The Morgan fingerprint density at radius 2 is 1.89 bits per heavy atom. The molecule has 1 aromatic heterocycles. The number of H-pyrrole nitrogens is 1. The van der Waals surface area contributed by atoms with Gasteiger partial charge in [-0.05, 0) is 28.3 Å². The van der Waals surface area contributed by atoms with E-state index in [-0.39, 0.29) is 5.56 Å². The molecule has 0 saturated heterocycles. The third kappa shape index (κ3) is 1.69. The van der Waals surface area contributed by atoms with Crippen LogP contribution in [-0.4, -0.2) is 18.1 Å². The van der Waals surface area contributed by atoms with E-state index in [1.165, 1.54) is 7.11 Å². The van der Waals surface area contributed by atoms with E-state index in [1.807, 2.05) is 24.3 Å². The van der Waals surface area contributed by atoms with Crippen molar-refractivity contribution in [1.29, 1.82) is 0 Å². The smallest absolute Gasteiger partial charge is 0.338 e. The molecule has 3 aromatic rings. The zero-order valence-corrected chi connectivity index (χ0v) is 10.3. The standard InChI is InChI=1S/C15H11NO3/c1-19-15(18)12-8-9-6-7-16-14(17)13(9)11-5-3-2-4-10(11)12/h2-8H,1H3,(H,16,17). The SMILES string of the molecule is COC(=O)c1cc2cc[nH]c(=O)c2c2ccccc12. The fraction of sp³-hybridized carbons (Fsp3) is 0.0667. The Kier molecular flexibility index (Phi) is 2.56. The summed E-state index contributed by atoms with van der Waals surface area (Å²) in [5.41, 5.74) is 0.307. The molecule has 0 spiro atoms. The molecular formula is C15H11NO3. The number of ether oxygens (including phenoxy) is 1. The average molecular weight is 253 g/mol. The molecule has 0 aliphatic rings. The van der Waals surface area contributed by atoms with Crippen LogP contribution in [0.3, 0.4) is 0 Å². The number of nitrogens with one attached hydrogen (secondary N) is 1. The average Bonchev–Trinajstić information content (AvgIpc) is 2.45. The van der Waals surface area contributed by atoms with Gasteiger partial charge in [-0.1, -0.05) is 24.3 Å². The van der Waals surface area contributed by atoms with Crippen LogP contribution >= 0.6 is 0 Å². The van der Waals surface area contributed by atoms with Crippen LogP contribution in [0.4, 0.5) is 0 Å².